The van der Waals surface area contributed by atoms with Crippen molar-refractivity contribution >= 4 is 5.91 Å². The summed E-state index contributed by atoms with van der Waals surface area (Å²) < 4.78 is 0. The fraction of sp³-hybridized carbons (Fsp3) is 0.868. The van der Waals surface area contributed by atoms with E-state index >= 15 is 0 Å². The first-order valence-corrected chi connectivity index (χ1v) is 25.8. The number of amides is 1. The second-order valence-electron chi connectivity index (χ2n) is 17.7. The zero-order chi connectivity index (χ0) is 42.3. The average molecular weight is 816 g/mol. The molecule has 3 unspecified atom stereocenters. The van der Waals surface area contributed by atoms with Gasteiger partial charge in [-0.25, -0.2) is 0 Å². The minimum Gasteiger partial charge on any atom is -0.394 e. The summed E-state index contributed by atoms with van der Waals surface area (Å²) in [6.45, 7) is 4.19. The van der Waals surface area contributed by atoms with E-state index in [1.807, 2.05) is 6.08 Å². The maximum Gasteiger partial charge on any atom is 0.249 e. The van der Waals surface area contributed by atoms with Crippen LogP contribution in [0.3, 0.4) is 0 Å². The van der Waals surface area contributed by atoms with Gasteiger partial charge in [0.2, 0.25) is 5.91 Å². The molecule has 0 aliphatic heterocycles. The highest BCUT2D eigenvalue weighted by molar-refractivity contribution is 5.80. The van der Waals surface area contributed by atoms with Crippen LogP contribution in [0.4, 0.5) is 0 Å². The molecule has 3 atom stereocenters. The van der Waals surface area contributed by atoms with Crippen molar-refractivity contribution in [3.63, 3.8) is 0 Å². The van der Waals surface area contributed by atoms with Crippen LogP contribution in [-0.4, -0.2) is 46.1 Å². The van der Waals surface area contributed by atoms with E-state index in [0.717, 1.165) is 44.9 Å². The first-order chi connectivity index (χ1) is 28.6. The number of nitrogens with one attached hydrogen (secondary N) is 1. The van der Waals surface area contributed by atoms with Crippen LogP contribution in [0.1, 0.15) is 271 Å². The summed E-state index contributed by atoms with van der Waals surface area (Å²) in [5.41, 5.74) is 0. The molecule has 0 bridgehead atoms. The average Bonchev–Trinajstić information content (AvgIpc) is 3.23. The van der Waals surface area contributed by atoms with E-state index in [4.69, 9.17) is 0 Å². The number of aliphatic hydroxyl groups excluding tert-OH is 3. The fourth-order valence-electron chi connectivity index (χ4n) is 7.92. The molecular weight excluding hydrogens is 715 g/mol. The van der Waals surface area contributed by atoms with Gasteiger partial charge in [0.25, 0.3) is 0 Å². The molecule has 5 nitrogen and oxygen atoms in total. The number of allylic oxidation sites excluding steroid dienone is 5. The lowest BCUT2D eigenvalue weighted by atomic mass is 10.0. The van der Waals surface area contributed by atoms with Crippen molar-refractivity contribution in [3.8, 4) is 0 Å². The highest BCUT2D eigenvalue weighted by Gasteiger charge is 2.22. The Morgan fingerprint density at radius 1 is 0.414 bits per heavy atom. The lowest BCUT2D eigenvalue weighted by Crippen LogP contribution is -2.48. The van der Waals surface area contributed by atoms with Crippen molar-refractivity contribution in [2.75, 3.05) is 6.61 Å². The Morgan fingerprint density at radius 3 is 1.05 bits per heavy atom. The molecule has 0 aliphatic carbocycles. The van der Waals surface area contributed by atoms with E-state index in [1.54, 1.807) is 6.08 Å². The van der Waals surface area contributed by atoms with Gasteiger partial charge in [0.1, 0.15) is 6.10 Å². The van der Waals surface area contributed by atoms with Crippen molar-refractivity contribution in [1.82, 2.24) is 5.32 Å². The summed E-state index contributed by atoms with van der Waals surface area (Å²) in [4.78, 5) is 12.5. The predicted molar refractivity (Wildman–Crippen MR) is 254 cm³/mol. The van der Waals surface area contributed by atoms with Crippen molar-refractivity contribution in [3.05, 3.63) is 36.5 Å². The quantitative estimate of drug-likeness (QED) is 0.0364. The van der Waals surface area contributed by atoms with Gasteiger partial charge in [0.15, 0.2) is 0 Å². The van der Waals surface area contributed by atoms with Crippen molar-refractivity contribution in [2.45, 2.75) is 289 Å². The third-order valence-corrected chi connectivity index (χ3v) is 12.0. The molecule has 0 aromatic carbocycles. The van der Waals surface area contributed by atoms with Gasteiger partial charge in [-0.3, -0.25) is 4.79 Å². The fourth-order valence-corrected chi connectivity index (χ4v) is 7.92. The standard InChI is InChI=1S/C53H101NO4/c1-3-5-7-9-11-13-15-17-19-21-23-25-26-27-28-30-31-33-35-37-39-41-43-45-47-51(56)50(49-55)54-53(58)52(57)48-46-44-42-40-38-36-34-32-29-24-22-20-18-16-14-12-10-8-6-4-2/h30-31,37,39,45,47,50-52,55-57H,3-29,32-36,38,40-44,46,48-49H2,1-2H3,(H,54,58)/b31-30+,39-37+,47-45+. The van der Waals surface area contributed by atoms with Gasteiger partial charge in [-0.1, -0.05) is 262 Å². The molecule has 342 valence electrons. The molecule has 4 N–H and O–H groups in total. The summed E-state index contributed by atoms with van der Waals surface area (Å²) >= 11 is 0. The van der Waals surface area contributed by atoms with Gasteiger partial charge in [-0.2, -0.15) is 0 Å². The summed E-state index contributed by atoms with van der Waals surface area (Å²) in [6.07, 6.45) is 62.0. The monoisotopic (exact) mass is 816 g/mol. The highest BCUT2D eigenvalue weighted by Crippen LogP contribution is 2.17. The molecule has 0 saturated heterocycles. The van der Waals surface area contributed by atoms with Crippen LogP contribution in [0.2, 0.25) is 0 Å². The summed E-state index contributed by atoms with van der Waals surface area (Å²) in [7, 11) is 0. The molecule has 5 heteroatoms. The molecule has 0 aromatic heterocycles. The first-order valence-electron chi connectivity index (χ1n) is 25.8. The molecule has 0 aromatic rings. The highest BCUT2D eigenvalue weighted by atomic mass is 16.3. The number of carbonyl (C=O) groups is 1. The molecule has 0 radical (unpaired) electrons. The zero-order valence-corrected chi connectivity index (χ0v) is 38.9. The topological polar surface area (TPSA) is 89.8 Å². The van der Waals surface area contributed by atoms with Crippen LogP contribution >= 0.6 is 0 Å². The second-order valence-corrected chi connectivity index (χ2v) is 17.7. The maximum absolute atomic E-state index is 12.5. The number of aliphatic hydroxyl groups is 3. The second kappa shape index (κ2) is 48.2. The Balaban J connectivity index is 3.66. The summed E-state index contributed by atoms with van der Waals surface area (Å²) in [5.74, 6) is -0.513. The van der Waals surface area contributed by atoms with Gasteiger partial charge in [0, 0.05) is 0 Å². The van der Waals surface area contributed by atoms with Crippen LogP contribution in [0.15, 0.2) is 36.5 Å². The largest absolute Gasteiger partial charge is 0.394 e. The van der Waals surface area contributed by atoms with Crippen molar-refractivity contribution in [1.29, 1.82) is 0 Å². The first kappa shape index (κ1) is 56.6. The van der Waals surface area contributed by atoms with Crippen molar-refractivity contribution in [2.24, 2.45) is 0 Å². The molecule has 0 heterocycles. The van der Waals surface area contributed by atoms with E-state index in [9.17, 15) is 20.1 Å². The van der Waals surface area contributed by atoms with Crippen LogP contribution < -0.4 is 5.32 Å². The molecule has 0 fully saturated rings. The molecule has 0 aliphatic rings. The smallest absolute Gasteiger partial charge is 0.249 e. The lowest BCUT2D eigenvalue weighted by Gasteiger charge is -2.21. The predicted octanol–water partition coefficient (Wildman–Crippen LogP) is 15.5. The Labute approximate surface area is 362 Å². The van der Waals surface area contributed by atoms with Crippen LogP contribution in [0, 0.1) is 0 Å². The zero-order valence-electron chi connectivity index (χ0n) is 38.9. The Morgan fingerprint density at radius 2 is 0.707 bits per heavy atom. The van der Waals surface area contributed by atoms with Gasteiger partial charge in [-0.15, -0.1) is 0 Å². The molecule has 1 amide bonds. The summed E-state index contributed by atoms with van der Waals surface area (Å²) in [5, 5.41) is 33.3. The number of hydrogen-bond donors (Lipinski definition) is 4. The third-order valence-electron chi connectivity index (χ3n) is 12.0. The molecule has 0 spiro atoms. The molecule has 0 rings (SSSR count). The Hall–Kier alpha value is -1.43. The van der Waals surface area contributed by atoms with Crippen molar-refractivity contribution < 1.29 is 20.1 Å². The Kier molecular flexibility index (Phi) is 47.0. The van der Waals surface area contributed by atoms with Crippen LogP contribution in [-0.2, 0) is 4.79 Å². The van der Waals surface area contributed by atoms with Gasteiger partial charge >= 0.3 is 0 Å². The number of carbonyl (C=O) groups excluding carboxylic acids is 1. The van der Waals surface area contributed by atoms with Gasteiger partial charge in [0.05, 0.1) is 18.8 Å². The third kappa shape index (κ3) is 42.7. The van der Waals surface area contributed by atoms with Crippen LogP contribution in [0.5, 0.6) is 0 Å². The maximum atomic E-state index is 12.5. The van der Waals surface area contributed by atoms with E-state index in [1.165, 1.54) is 205 Å². The van der Waals surface area contributed by atoms with E-state index in [-0.39, 0.29) is 6.61 Å². The molecule has 58 heavy (non-hydrogen) atoms. The lowest BCUT2D eigenvalue weighted by molar-refractivity contribution is -0.131. The number of rotatable bonds is 47. The van der Waals surface area contributed by atoms with E-state index in [2.05, 4.69) is 43.5 Å². The number of hydrogen-bond acceptors (Lipinski definition) is 4. The van der Waals surface area contributed by atoms with E-state index < -0.39 is 24.2 Å². The van der Waals surface area contributed by atoms with Crippen LogP contribution in [0.25, 0.3) is 0 Å². The minimum atomic E-state index is -1.11. The summed E-state index contributed by atoms with van der Waals surface area (Å²) in [6, 6.07) is -0.819. The normalized spacial score (nSPS) is 13.7. The SMILES string of the molecule is CCCCCCCCCCCCCCCC/C=C/CC/C=C/CC/C=C/C(O)C(CO)NC(=O)C(O)CCCCCCCCCCCCCCCCCCCCCC. The molecule has 0 saturated carbocycles. The number of unbranched alkanes of at least 4 members (excludes halogenated alkanes) is 35. The van der Waals surface area contributed by atoms with E-state index in [0.29, 0.717) is 6.42 Å². The Bertz CT molecular complexity index is 901. The van der Waals surface area contributed by atoms with Gasteiger partial charge in [-0.05, 0) is 44.9 Å². The minimum absolute atomic E-state index is 0.379. The van der Waals surface area contributed by atoms with Gasteiger partial charge < -0.3 is 20.6 Å². The molecular formula is C53H101NO4.